The molecule has 0 saturated heterocycles. The van der Waals surface area contributed by atoms with Crippen LogP contribution in [-0.4, -0.2) is 21.7 Å². The molecule has 1 aliphatic carbocycles. The summed E-state index contributed by atoms with van der Waals surface area (Å²) in [5.74, 6) is 0.893. The Labute approximate surface area is 187 Å². The maximum Gasteiger partial charge on any atom is 0.159 e. The van der Waals surface area contributed by atoms with Gasteiger partial charge < -0.3 is 10.6 Å². The van der Waals surface area contributed by atoms with Crippen LogP contribution in [0, 0.1) is 5.41 Å². The maximum atomic E-state index is 6.39. The molecule has 2 aliphatic rings. The van der Waals surface area contributed by atoms with E-state index in [0.29, 0.717) is 0 Å². The molecule has 0 atom stereocenters. The molecule has 0 spiro atoms. The average Bonchev–Trinajstić information content (AvgIpc) is 2.64. The number of benzene rings is 1. The van der Waals surface area contributed by atoms with Crippen LogP contribution in [-0.2, 0) is 6.54 Å². The highest BCUT2D eigenvalue weighted by Gasteiger charge is 2.35. The Kier molecular flexibility index (Phi) is 6.39. The molecule has 1 aromatic heterocycles. The number of halogens is 1. The normalized spacial score (nSPS) is 17.2. The third-order valence-electron chi connectivity index (χ3n) is 5.17. The second kappa shape index (κ2) is 8.48. The number of thioether (sulfide) groups is 1. The van der Waals surface area contributed by atoms with Crippen molar-refractivity contribution in [2.24, 2.45) is 16.1 Å². The van der Waals surface area contributed by atoms with E-state index in [9.17, 15) is 0 Å². The molecule has 0 amide bonds. The number of hydrogen-bond donors (Lipinski definition) is 1. The fraction of sp³-hybridized carbons (Fsp3) is 0.409. The lowest BCUT2D eigenvalue weighted by Gasteiger charge is -2.35. The zero-order chi connectivity index (χ0) is 19.9. The third-order valence-corrected chi connectivity index (χ3v) is 6.37. The second-order valence-corrected chi connectivity index (χ2v) is 9.59. The Balaban J connectivity index is 0.00000240. The van der Waals surface area contributed by atoms with Crippen molar-refractivity contribution in [2.45, 2.75) is 58.1 Å². The number of nitrogens with zero attached hydrogens (tertiary/aromatic N) is 4. The summed E-state index contributed by atoms with van der Waals surface area (Å²) < 4.78 is 0. The molecule has 1 aliphatic heterocycles. The lowest BCUT2D eigenvalue weighted by Crippen LogP contribution is -2.32. The minimum atomic E-state index is 0. The van der Waals surface area contributed by atoms with Gasteiger partial charge in [0.25, 0.3) is 0 Å². The number of aromatic nitrogens is 2. The van der Waals surface area contributed by atoms with Crippen LogP contribution in [0.1, 0.15) is 46.1 Å². The van der Waals surface area contributed by atoms with Gasteiger partial charge in [-0.2, -0.15) is 0 Å². The maximum absolute atomic E-state index is 6.39. The van der Waals surface area contributed by atoms with Gasteiger partial charge in [-0.25, -0.2) is 15.0 Å². The molecule has 0 bridgehead atoms. The fourth-order valence-electron chi connectivity index (χ4n) is 3.84. The Morgan fingerprint density at radius 3 is 2.55 bits per heavy atom. The van der Waals surface area contributed by atoms with Crippen LogP contribution in [0.15, 0.2) is 57.3 Å². The molecule has 1 aromatic carbocycles. The van der Waals surface area contributed by atoms with E-state index in [0.717, 1.165) is 52.2 Å². The molecule has 0 radical (unpaired) electrons. The first-order chi connectivity index (χ1) is 13.3. The van der Waals surface area contributed by atoms with Crippen molar-refractivity contribution < 1.29 is 0 Å². The van der Waals surface area contributed by atoms with Crippen LogP contribution in [0.3, 0.4) is 0 Å². The smallest absolute Gasteiger partial charge is 0.159 e. The van der Waals surface area contributed by atoms with E-state index >= 15 is 0 Å². The van der Waals surface area contributed by atoms with Gasteiger partial charge in [0.1, 0.15) is 17.0 Å². The highest BCUT2D eigenvalue weighted by molar-refractivity contribution is 8.93. The predicted molar refractivity (Wildman–Crippen MR) is 127 cm³/mol. The van der Waals surface area contributed by atoms with Gasteiger partial charge >= 0.3 is 0 Å². The number of aliphatic imine (C=N–C) groups is 1. The lowest BCUT2D eigenvalue weighted by atomic mass is 9.78. The van der Waals surface area contributed by atoms with Crippen molar-refractivity contribution in [1.82, 2.24) is 9.97 Å². The topological polar surface area (TPSA) is 67.4 Å². The van der Waals surface area contributed by atoms with E-state index in [1.807, 2.05) is 6.07 Å². The third kappa shape index (κ3) is 4.51. The first-order valence-electron chi connectivity index (χ1n) is 9.74. The van der Waals surface area contributed by atoms with Crippen molar-refractivity contribution >= 4 is 46.0 Å². The van der Waals surface area contributed by atoms with Gasteiger partial charge in [-0.05, 0) is 37.7 Å². The molecular weight excluding hydrogens is 446 g/mol. The van der Waals surface area contributed by atoms with Crippen molar-refractivity contribution in [3.05, 3.63) is 52.8 Å². The van der Waals surface area contributed by atoms with E-state index in [1.54, 1.807) is 18.1 Å². The molecule has 2 N–H and O–H groups in total. The standard InChI is InChI=1S/C22H27N5S.BrH/c1-14(2)27(12-15-8-6-5-7-9-15)20-18-21(25-13-24-20)28-19-16(23)10-22(3,4)11-17(19)26-18;/h5-9,13-14H,10-12,23H2,1-4H3;1H. The van der Waals surface area contributed by atoms with Gasteiger partial charge in [0.05, 0.1) is 10.6 Å². The van der Waals surface area contributed by atoms with Crippen LogP contribution < -0.4 is 10.6 Å². The Morgan fingerprint density at radius 2 is 1.86 bits per heavy atom. The monoisotopic (exact) mass is 473 g/mol. The number of hydrogen-bond acceptors (Lipinski definition) is 6. The summed E-state index contributed by atoms with van der Waals surface area (Å²) in [4.78, 5) is 17.6. The van der Waals surface area contributed by atoms with Crippen LogP contribution in [0.5, 0.6) is 0 Å². The summed E-state index contributed by atoms with van der Waals surface area (Å²) in [7, 11) is 0. The molecule has 0 fully saturated rings. The summed E-state index contributed by atoms with van der Waals surface area (Å²) in [6, 6.07) is 10.8. The Bertz CT molecular complexity index is 953. The number of nitrogens with two attached hydrogens (primary N) is 1. The number of fused-ring (bicyclic) bond motifs is 2. The van der Waals surface area contributed by atoms with E-state index < -0.39 is 0 Å². The van der Waals surface area contributed by atoms with Crippen LogP contribution in [0.4, 0.5) is 11.5 Å². The number of rotatable bonds is 4. The van der Waals surface area contributed by atoms with E-state index in [2.05, 4.69) is 66.8 Å². The lowest BCUT2D eigenvalue weighted by molar-refractivity contribution is 0.371. The first-order valence-corrected chi connectivity index (χ1v) is 10.6. The zero-order valence-electron chi connectivity index (χ0n) is 17.3. The minimum Gasteiger partial charge on any atom is -0.401 e. The van der Waals surface area contributed by atoms with Gasteiger partial charge in [0.2, 0.25) is 0 Å². The van der Waals surface area contributed by atoms with E-state index in [4.69, 9.17) is 10.7 Å². The van der Waals surface area contributed by atoms with Crippen molar-refractivity contribution in [3.63, 3.8) is 0 Å². The molecule has 154 valence electrons. The summed E-state index contributed by atoms with van der Waals surface area (Å²) in [6.45, 7) is 9.66. The summed E-state index contributed by atoms with van der Waals surface area (Å²) in [6.07, 6.45) is 3.46. The largest absolute Gasteiger partial charge is 0.401 e. The quantitative estimate of drug-likeness (QED) is 0.581. The Morgan fingerprint density at radius 1 is 1.14 bits per heavy atom. The van der Waals surface area contributed by atoms with Gasteiger partial charge in [0.15, 0.2) is 5.82 Å². The van der Waals surface area contributed by atoms with Crippen LogP contribution in [0.2, 0.25) is 0 Å². The minimum absolute atomic E-state index is 0. The van der Waals surface area contributed by atoms with Crippen molar-refractivity contribution in [3.8, 4) is 0 Å². The summed E-state index contributed by atoms with van der Waals surface area (Å²) in [5.41, 5.74) is 10.7. The fourth-order valence-corrected chi connectivity index (χ4v) is 4.81. The molecule has 2 heterocycles. The molecule has 2 aromatic rings. The summed E-state index contributed by atoms with van der Waals surface area (Å²) >= 11 is 1.65. The van der Waals surface area contributed by atoms with Gasteiger partial charge in [-0.1, -0.05) is 55.9 Å². The van der Waals surface area contributed by atoms with Gasteiger partial charge in [-0.15, -0.1) is 17.0 Å². The highest BCUT2D eigenvalue weighted by atomic mass is 79.9. The van der Waals surface area contributed by atoms with Crippen LogP contribution in [0.25, 0.3) is 0 Å². The molecule has 29 heavy (non-hydrogen) atoms. The summed E-state index contributed by atoms with van der Waals surface area (Å²) in [5, 5.41) is 0.894. The van der Waals surface area contributed by atoms with Gasteiger partial charge in [-0.3, -0.25) is 0 Å². The SMILES string of the molecule is Br.CC(C)N(Cc1ccccc1)c1ncnc2c1N=C1CC(C)(C)CC(N)=C1S2. The molecule has 5 nitrogen and oxygen atoms in total. The zero-order valence-corrected chi connectivity index (χ0v) is 19.9. The molecule has 0 saturated carbocycles. The van der Waals surface area contributed by atoms with E-state index in [1.165, 1.54) is 5.56 Å². The molecule has 4 rings (SSSR count). The van der Waals surface area contributed by atoms with Crippen molar-refractivity contribution in [1.29, 1.82) is 0 Å². The number of anilines is 1. The Hall–Kier alpha value is -1.86. The van der Waals surface area contributed by atoms with Crippen molar-refractivity contribution in [2.75, 3.05) is 4.90 Å². The molecule has 0 unspecified atom stereocenters. The number of allylic oxidation sites excluding steroid dienone is 2. The van der Waals surface area contributed by atoms with Gasteiger partial charge in [0, 0.05) is 18.3 Å². The first kappa shape index (κ1) is 21.8. The molecule has 7 heteroatoms. The van der Waals surface area contributed by atoms with E-state index in [-0.39, 0.29) is 28.4 Å². The van der Waals surface area contributed by atoms with Crippen LogP contribution >= 0.6 is 28.7 Å². The highest BCUT2D eigenvalue weighted by Crippen LogP contribution is 2.49. The molecular formula is C22H28BrN5S. The predicted octanol–water partition coefficient (Wildman–Crippen LogP) is 5.64. The average molecular weight is 474 g/mol. The second-order valence-electron chi connectivity index (χ2n) is 8.59.